The summed E-state index contributed by atoms with van der Waals surface area (Å²) in [6.45, 7) is 0.270. The maximum atomic E-state index is 5.07. The van der Waals surface area contributed by atoms with E-state index in [1.165, 1.54) is 0 Å². The molecule has 0 aliphatic heterocycles. The van der Waals surface area contributed by atoms with E-state index in [0.29, 0.717) is 0 Å². The lowest BCUT2D eigenvalue weighted by Crippen LogP contribution is -1.97. The summed E-state index contributed by atoms with van der Waals surface area (Å²) in [4.78, 5) is 0. The molecule has 0 aliphatic carbocycles. The first-order valence-electron chi connectivity index (χ1n) is 2.93. The molecule has 4 nitrogen and oxygen atoms in total. The topological polar surface area (TPSA) is 36.3 Å². The van der Waals surface area contributed by atoms with Crippen molar-refractivity contribution in [2.24, 2.45) is 7.05 Å². The summed E-state index contributed by atoms with van der Waals surface area (Å²) in [6.07, 6.45) is 3.41. The third kappa shape index (κ3) is 1.73. The minimum Gasteiger partial charge on any atom is -0.464 e. The molecule has 0 saturated heterocycles. The Morgan fingerprint density at radius 1 is 1.70 bits per heavy atom. The van der Waals surface area contributed by atoms with Crippen LogP contribution < -0.4 is 4.74 Å². The fourth-order valence-electron chi connectivity index (χ4n) is 0.600. The van der Waals surface area contributed by atoms with E-state index in [9.17, 15) is 0 Å². The highest BCUT2D eigenvalue weighted by molar-refractivity contribution is 5.10. The minimum absolute atomic E-state index is 0.270. The molecule has 10 heavy (non-hydrogen) atoms. The summed E-state index contributed by atoms with van der Waals surface area (Å²) in [6, 6.07) is 0. The second kappa shape index (κ2) is 3.22. The Morgan fingerprint density at radius 3 is 3.00 bits per heavy atom. The highest BCUT2D eigenvalue weighted by Gasteiger charge is 1.93. The molecule has 4 heteroatoms. The van der Waals surface area contributed by atoms with Crippen molar-refractivity contribution in [3.63, 3.8) is 0 Å². The molecule has 0 unspecified atom stereocenters. The van der Waals surface area contributed by atoms with Crippen LogP contribution in [0.2, 0.25) is 0 Å². The number of aryl methyl sites for hydroxylation is 1. The van der Waals surface area contributed by atoms with Gasteiger partial charge in [0, 0.05) is 14.2 Å². The molecule has 0 spiro atoms. The van der Waals surface area contributed by atoms with Crippen LogP contribution in [0.5, 0.6) is 5.75 Å². The van der Waals surface area contributed by atoms with Crippen molar-refractivity contribution in [3.05, 3.63) is 12.4 Å². The van der Waals surface area contributed by atoms with Crippen LogP contribution in [0.15, 0.2) is 12.4 Å². The number of hydrogen-bond donors (Lipinski definition) is 0. The second-order valence-corrected chi connectivity index (χ2v) is 1.90. The monoisotopic (exact) mass is 142 g/mol. The van der Waals surface area contributed by atoms with Crippen LogP contribution in [0.4, 0.5) is 0 Å². The smallest absolute Gasteiger partial charge is 0.188 e. The first kappa shape index (κ1) is 7.08. The van der Waals surface area contributed by atoms with Crippen molar-refractivity contribution in [2.75, 3.05) is 13.9 Å². The predicted octanol–water partition coefficient (Wildman–Crippen LogP) is 0.403. The Hall–Kier alpha value is -1.03. The van der Waals surface area contributed by atoms with Gasteiger partial charge in [0.25, 0.3) is 0 Å². The largest absolute Gasteiger partial charge is 0.464 e. The average molecular weight is 142 g/mol. The maximum absolute atomic E-state index is 5.07. The molecule has 0 radical (unpaired) electrons. The third-order valence-corrected chi connectivity index (χ3v) is 1.02. The van der Waals surface area contributed by atoms with Crippen molar-refractivity contribution in [1.82, 2.24) is 9.78 Å². The maximum Gasteiger partial charge on any atom is 0.188 e. The van der Waals surface area contributed by atoms with Gasteiger partial charge in [-0.15, -0.1) is 0 Å². The van der Waals surface area contributed by atoms with Crippen molar-refractivity contribution < 1.29 is 9.47 Å². The van der Waals surface area contributed by atoms with Crippen LogP contribution >= 0.6 is 0 Å². The molecular weight excluding hydrogens is 132 g/mol. The van der Waals surface area contributed by atoms with Gasteiger partial charge in [0.1, 0.15) is 0 Å². The van der Waals surface area contributed by atoms with Crippen LogP contribution in [0, 0.1) is 0 Å². The Balaban J connectivity index is 2.42. The number of hydrogen-bond acceptors (Lipinski definition) is 3. The number of aromatic nitrogens is 2. The summed E-state index contributed by atoms with van der Waals surface area (Å²) >= 11 is 0. The molecule has 0 N–H and O–H groups in total. The number of ether oxygens (including phenoxy) is 2. The van der Waals surface area contributed by atoms with E-state index >= 15 is 0 Å². The average Bonchev–Trinajstić information content (AvgIpc) is 2.31. The zero-order chi connectivity index (χ0) is 7.40. The van der Waals surface area contributed by atoms with Crippen LogP contribution in [0.25, 0.3) is 0 Å². The summed E-state index contributed by atoms with van der Waals surface area (Å²) in [5.41, 5.74) is 0. The van der Waals surface area contributed by atoms with Gasteiger partial charge in [0.05, 0.1) is 12.4 Å². The van der Waals surface area contributed by atoms with Crippen LogP contribution in [0.1, 0.15) is 0 Å². The van der Waals surface area contributed by atoms with Gasteiger partial charge >= 0.3 is 0 Å². The second-order valence-electron chi connectivity index (χ2n) is 1.90. The highest BCUT2D eigenvalue weighted by atomic mass is 16.7. The third-order valence-electron chi connectivity index (χ3n) is 1.02. The fourth-order valence-corrected chi connectivity index (χ4v) is 0.600. The number of nitrogens with zero attached hydrogens (tertiary/aromatic N) is 2. The van der Waals surface area contributed by atoms with Crippen LogP contribution in [0.3, 0.4) is 0 Å². The lowest BCUT2D eigenvalue weighted by molar-refractivity contribution is 0.0511. The first-order chi connectivity index (χ1) is 4.83. The molecule has 1 rings (SSSR count). The van der Waals surface area contributed by atoms with Gasteiger partial charge in [-0.1, -0.05) is 0 Å². The Bertz CT molecular complexity index is 197. The lowest BCUT2D eigenvalue weighted by Gasteiger charge is -1.98. The molecule has 0 atom stereocenters. The van der Waals surface area contributed by atoms with Gasteiger partial charge in [0.15, 0.2) is 12.5 Å². The SMILES string of the molecule is COCOc1cnn(C)c1. The van der Waals surface area contributed by atoms with Gasteiger partial charge in [-0.3, -0.25) is 4.68 Å². The summed E-state index contributed by atoms with van der Waals surface area (Å²) < 4.78 is 11.4. The molecule has 0 fully saturated rings. The normalized spacial score (nSPS) is 9.80. The summed E-state index contributed by atoms with van der Waals surface area (Å²) in [7, 11) is 3.41. The van der Waals surface area contributed by atoms with Crippen LogP contribution in [-0.4, -0.2) is 23.7 Å². The zero-order valence-corrected chi connectivity index (χ0v) is 6.07. The Morgan fingerprint density at radius 2 is 2.50 bits per heavy atom. The van der Waals surface area contributed by atoms with E-state index < -0.39 is 0 Å². The Labute approximate surface area is 59.4 Å². The van der Waals surface area contributed by atoms with Crippen LogP contribution in [-0.2, 0) is 11.8 Å². The molecule has 1 heterocycles. The standard InChI is InChI=1S/C6H10N2O2/c1-8-4-6(3-7-8)10-5-9-2/h3-4H,5H2,1-2H3. The molecule has 1 aromatic heterocycles. The van der Waals surface area contributed by atoms with E-state index in [2.05, 4.69) is 5.10 Å². The van der Waals surface area contributed by atoms with Crippen molar-refractivity contribution >= 4 is 0 Å². The molecule has 0 amide bonds. The predicted molar refractivity (Wildman–Crippen MR) is 35.7 cm³/mol. The molecule has 1 aromatic rings. The van der Waals surface area contributed by atoms with E-state index in [4.69, 9.17) is 9.47 Å². The van der Waals surface area contributed by atoms with Crippen molar-refractivity contribution in [2.45, 2.75) is 0 Å². The minimum atomic E-state index is 0.270. The van der Waals surface area contributed by atoms with Crippen molar-refractivity contribution in [1.29, 1.82) is 0 Å². The van der Waals surface area contributed by atoms with Gasteiger partial charge in [-0.05, 0) is 0 Å². The quantitative estimate of drug-likeness (QED) is 0.573. The van der Waals surface area contributed by atoms with Crippen molar-refractivity contribution in [3.8, 4) is 5.75 Å². The summed E-state index contributed by atoms with van der Waals surface area (Å²) in [5, 5.41) is 3.91. The molecule has 0 saturated carbocycles. The van der Waals surface area contributed by atoms with Gasteiger partial charge in [-0.25, -0.2) is 0 Å². The molecule has 56 valence electrons. The molecule has 0 aliphatic rings. The highest BCUT2D eigenvalue weighted by Crippen LogP contribution is 2.05. The van der Waals surface area contributed by atoms with Gasteiger partial charge in [-0.2, -0.15) is 5.10 Å². The Kier molecular flexibility index (Phi) is 2.28. The van der Waals surface area contributed by atoms with Gasteiger partial charge in [0.2, 0.25) is 0 Å². The van der Waals surface area contributed by atoms with E-state index in [1.807, 2.05) is 7.05 Å². The molecule has 0 bridgehead atoms. The summed E-state index contributed by atoms with van der Waals surface area (Å²) in [5.74, 6) is 0.726. The fraction of sp³-hybridized carbons (Fsp3) is 0.500. The zero-order valence-electron chi connectivity index (χ0n) is 6.07. The number of methoxy groups -OCH3 is 1. The van der Waals surface area contributed by atoms with E-state index in [1.54, 1.807) is 24.2 Å². The van der Waals surface area contributed by atoms with Gasteiger partial charge < -0.3 is 9.47 Å². The first-order valence-corrected chi connectivity index (χ1v) is 2.93. The van der Waals surface area contributed by atoms with E-state index in [-0.39, 0.29) is 6.79 Å². The number of rotatable bonds is 3. The lowest BCUT2D eigenvalue weighted by atomic mass is 10.7. The molecular formula is C6H10N2O2. The van der Waals surface area contributed by atoms with E-state index in [0.717, 1.165) is 5.75 Å². The molecule has 0 aromatic carbocycles.